The average Bonchev–Trinajstić information content (AvgIpc) is 3.26. The van der Waals surface area contributed by atoms with Crippen LogP contribution in [0.2, 0.25) is 0 Å². The van der Waals surface area contributed by atoms with Crippen molar-refractivity contribution in [1.29, 1.82) is 0 Å². The van der Waals surface area contributed by atoms with Crippen LogP contribution >= 0.6 is 0 Å². The van der Waals surface area contributed by atoms with Gasteiger partial charge in [-0.1, -0.05) is 61.4 Å². The number of unbranched alkanes of at least 4 members (excludes halogenated alkanes) is 5. The summed E-state index contributed by atoms with van der Waals surface area (Å²) in [5, 5.41) is 49.1. The van der Waals surface area contributed by atoms with E-state index in [2.05, 4.69) is 38.3 Å². The highest BCUT2D eigenvalue weighted by Crippen LogP contribution is 2.18. The number of carboxylic acids is 4. The number of aliphatic carboxylic acids is 4. The number of fused-ring (bicyclic) bond motifs is 2. The van der Waals surface area contributed by atoms with Crippen LogP contribution in [0.3, 0.4) is 0 Å². The summed E-state index contributed by atoms with van der Waals surface area (Å²) in [7, 11) is 0. The number of nitrogens with one attached hydrogen (secondary N) is 4. The second-order valence-electron chi connectivity index (χ2n) is 15.7. The number of amides is 4. The molecule has 8 N–H and O–H groups in total. The molecule has 0 saturated carbocycles. The molecule has 0 bridgehead atoms. The summed E-state index contributed by atoms with van der Waals surface area (Å²) in [6.07, 6.45) is 4.39. The van der Waals surface area contributed by atoms with Crippen molar-refractivity contribution in [1.82, 2.24) is 36.1 Å². The Morgan fingerprint density at radius 3 is 1.52 bits per heavy atom. The van der Waals surface area contributed by atoms with Crippen LogP contribution in [-0.2, 0) is 41.9 Å². The van der Waals surface area contributed by atoms with E-state index in [4.69, 9.17) is 15.1 Å². The molecule has 3 unspecified atom stereocenters. The van der Waals surface area contributed by atoms with Gasteiger partial charge < -0.3 is 41.7 Å². The smallest absolute Gasteiger partial charge is 0.326 e. The summed E-state index contributed by atoms with van der Waals surface area (Å²) in [6.45, 7) is 2.13. The summed E-state index contributed by atoms with van der Waals surface area (Å²) >= 11 is 0. The number of rotatable bonds is 30. The molecule has 344 valence electrons. The minimum atomic E-state index is -1.50. The van der Waals surface area contributed by atoms with Crippen molar-refractivity contribution in [2.24, 2.45) is 0 Å². The van der Waals surface area contributed by atoms with Crippen LogP contribution in [0, 0.1) is 0 Å². The number of hydrogen-bond donors (Lipinski definition) is 8. The van der Waals surface area contributed by atoms with Crippen LogP contribution in [0.4, 0.5) is 4.79 Å². The van der Waals surface area contributed by atoms with Crippen LogP contribution in [0.5, 0.6) is 0 Å². The molecule has 4 amide bonds. The van der Waals surface area contributed by atoms with E-state index in [0.29, 0.717) is 71.0 Å². The lowest BCUT2D eigenvalue weighted by Crippen LogP contribution is -2.51. The first kappa shape index (κ1) is 50.0. The van der Waals surface area contributed by atoms with Gasteiger partial charge in [0, 0.05) is 49.7 Å². The zero-order valence-corrected chi connectivity index (χ0v) is 35.9. The van der Waals surface area contributed by atoms with Crippen LogP contribution in [-0.4, -0.2) is 108 Å². The molecule has 2 heterocycles. The Bertz CT molecular complexity index is 2120. The maximum absolute atomic E-state index is 12.7. The molecule has 18 nitrogen and oxygen atoms in total. The van der Waals surface area contributed by atoms with Gasteiger partial charge in [0.25, 0.3) is 0 Å². The van der Waals surface area contributed by atoms with Gasteiger partial charge in [0.15, 0.2) is 0 Å². The molecule has 0 aliphatic heterocycles. The van der Waals surface area contributed by atoms with Crippen LogP contribution in [0.1, 0.15) is 101 Å². The SMILES string of the molecule is O=C(O)CCC(NC(=O)NC(CCCCNC(=O)CCCCCCC(=O)NC(CCCCN(Cc1ccc2ccccc2n1)Cc1ccc2ccccc2n1)C(=O)O)C(=O)O)C(=O)O. The van der Waals surface area contributed by atoms with E-state index in [1.54, 1.807) is 0 Å². The molecule has 2 aromatic heterocycles. The minimum Gasteiger partial charge on any atom is -0.481 e. The molecule has 4 rings (SSSR count). The van der Waals surface area contributed by atoms with Gasteiger partial charge in [-0.25, -0.2) is 19.2 Å². The van der Waals surface area contributed by atoms with E-state index in [1.165, 1.54) is 0 Å². The van der Waals surface area contributed by atoms with Crippen molar-refractivity contribution < 1.29 is 54.0 Å². The number of nitrogens with zero attached hydrogens (tertiary/aromatic N) is 3. The highest BCUT2D eigenvalue weighted by Gasteiger charge is 2.25. The normalized spacial score (nSPS) is 12.6. The molecular formula is C46H59N7O11. The Hall–Kier alpha value is -6.69. The molecule has 64 heavy (non-hydrogen) atoms. The first-order chi connectivity index (χ1) is 30.8. The highest BCUT2D eigenvalue weighted by molar-refractivity contribution is 5.86. The van der Waals surface area contributed by atoms with E-state index in [-0.39, 0.29) is 50.5 Å². The number of carboxylic acid groups (broad SMARTS) is 4. The third-order valence-corrected chi connectivity index (χ3v) is 10.6. The van der Waals surface area contributed by atoms with Crippen molar-refractivity contribution in [2.45, 2.75) is 121 Å². The Morgan fingerprint density at radius 1 is 0.500 bits per heavy atom. The molecule has 0 spiro atoms. The van der Waals surface area contributed by atoms with Gasteiger partial charge in [0.2, 0.25) is 11.8 Å². The van der Waals surface area contributed by atoms with Gasteiger partial charge in [-0.15, -0.1) is 0 Å². The van der Waals surface area contributed by atoms with Crippen LogP contribution in [0.15, 0.2) is 72.8 Å². The lowest BCUT2D eigenvalue weighted by molar-refractivity contribution is -0.142. The van der Waals surface area contributed by atoms with Gasteiger partial charge in [0.1, 0.15) is 18.1 Å². The topological polar surface area (TPSA) is 278 Å². The Kier molecular flexibility index (Phi) is 20.8. The van der Waals surface area contributed by atoms with Gasteiger partial charge in [-0.3, -0.25) is 29.3 Å². The lowest BCUT2D eigenvalue weighted by atomic mass is 10.1. The van der Waals surface area contributed by atoms with Crippen molar-refractivity contribution in [3.63, 3.8) is 0 Å². The number of pyridine rings is 2. The highest BCUT2D eigenvalue weighted by atomic mass is 16.4. The summed E-state index contributed by atoms with van der Waals surface area (Å²) in [5.41, 5.74) is 3.68. The molecule has 0 saturated heterocycles. The molecule has 2 aromatic carbocycles. The fourth-order valence-corrected chi connectivity index (χ4v) is 7.13. The number of benzene rings is 2. The number of hydrogen-bond acceptors (Lipinski definition) is 10. The first-order valence-electron chi connectivity index (χ1n) is 21.7. The predicted molar refractivity (Wildman–Crippen MR) is 237 cm³/mol. The Labute approximate surface area is 371 Å². The number of urea groups is 1. The van der Waals surface area contributed by atoms with Gasteiger partial charge in [0.05, 0.1) is 22.4 Å². The quantitative estimate of drug-likeness (QED) is 0.0312. The van der Waals surface area contributed by atoms with Gasteiger partial charge in [-0.2, -0.15) is 0 Å². The van der Waals surface area contributed by atoms with E-state index in [9.17, 15) is 48.9 Å². The number of aromatic nitrogens is 2. The average molecular weight is 886 g/mol. The Balaban J connectivity index is 1.09. The van der Waals surface area contributed by atoms with Gasteiger partial charge in [-0.05, 0) is 88.6 Å². The molecule has 0 radical (unpaired) electrons. The maximum Gasteiger partial charge on any atom is 0.326 e. The standard InChI is InChI=1S/C46H59N7O11/c54-40(47-27-11-9-17-38(44(60)61)51-46(64)52-39(45(62)63)25-26-42(56)57)19-3-1-2-4-20-41(55)50-37(43(58)59)18-10-12-28-53(29-33-23-21-31-13-5-7-15-35(31)48-33)30-34-24-22-32-14-6-8-16-36(32)49-34/h5-8,13-16,21-24,37-39H,1-4,9-12,17-20,25-30H2,(H,47,54)(H,50,55)(H,56,57)(H,58,59)(H,60,61)(H,62,63)(H2,51,52,64). The molecule has 0 fully saturated rings. The van der Waals surface area contributed by atoms with E-state index < -0.39 is 54.5 Å². The number of para-hydroxylation sites is 2. The van der Waals surface area contributed by atoms with Crippen molar-refractivity contribution in [3.8, 4) is 0 Å². The zero-order chi connectivity index (χ0) is 46.3. The summed E-state index contributed by atoms with van der Waals surface area (Å²) in [5.74, 6) is -5.63. The van der Waals surface area contributed by atoms with E-state index >= 15 is 0 Å². The molecule has 18 heteroatoms. The summed E-state index contributed by atoms with van der Waals surface area (Å²) < 4.78 is 0. The fraction of sp³-hybridized carbons (Fsp3) is 0.457. The molecule has 0 aliphatic carbocycles. The van der Waals surface area contributed by atoms with Crippen LogP contribution in [0.25, 0.3) is 21.8 Å². The summed E-state index contributed by atoms with van der Waals surface area (Å²) in [4.78, 5) is 94.8. The first-order valence-corrected chi connectivity index (χ1v) is 21.7. The lowest BCUT2D eigenvalue weighted by Gasteiger charge is -2.22. The third kappa shape index (κ3) is 18.3. The summed E-state index contributed by atoms with van der Waals surface area (Å²) in [6, 6.07) is 19.2. The number of carbonyl (C=O) groups excluding carboxylic acids is 3. The number of carbonyl (C=O) groups is 7. The van der Waals surface area contributed by atoms with E-state index in [1.807, 2.05) is 60.7 Å². The molecule has 4 aromatic rings. The third-order valence-electron chi connectivity index (χ3n) is 10.6. The second kappa shape index (κ2) is 26.7. The van der Waals surface area contributed by atoms with Crippen molar-refractivity contribution >= 4 is 63.5 Å². The minimum absolute atomic E-state index is 0.0157. The molecule has 0 aliphatic rings. The predicted octanol–water partition coefficient (Wildman–Crippen LogP) is 5.22. The maximum atomic E-state index is 12.7. The molecule has 3 atom stereocenters. The second-order valence-corrected chi connectivity index (χ2v) is 15.7. The van der Waals surface area contributed by atoms with Gasteiger partial charge >= 0.3 is 29.9 Å². The zero-order valence-electron chi connectivity index (χ0n) is 35.9. The largest absolute Gasteiger partial charge is 0.481 e. The van der Waals surface area contributed by atoms with Crippen molar-refractivity contribution in [2.75, 3.05) is 13.1 Å². The monoisotopic (exact) mass is 885 g/mol. The van der Waals surface area contributed by atoms with Crippen molar-refractivity contribution in [3.05, 3.63) is 84.2 Å². The van der Waals surface area contributed by atoms with Crippen LogP contribution < -0.4 is 21.3 Å². The Morgan fingerprint density at radius 2 is 0.984 bits per heavy atom. The van der Waals surface area contributed by atoms with E-state index in [0.717, 1.165) is 33.2 Å². The molecular weight excluding hydrogens is 827 g/mol. The fourth-order valence-electron chi connectivity index (χ4n) is 7.13.